The zero-order chi connectivity index (χ0) is 17.7. The van der Waals surface area contributed by atoms with E-state index in [-0.39, 0.29) is 30.2 Å². The fourth-order valence-electron chi connectivity index (χ4n) is 1.70. The van der Waals surface area contributed by atoms with Gasteiger partial charge >= 0.3 is 0 Å². The zero-order valence-electron chi connectivity index (χ0n) is 15.4. The van der Waals surface area contributed by atoms with Gasteiger partial charge in [-0.3, -0.25) is 9.59 Å². The molecule has 0 aromatic rings. The van der Waals surface area contributed by atoms with Crippen LogP contribution in [0.5, 0.6) is 0 Å². The molecule has 0 fully saturated rings. The lowest BCUT2D eigenvalue weighted by molar-refractivity contribution is -0.127. The van der Waals surface area contributed by atoms with E-state index in [1.807, 2.05) is 20.8 Å². The lowest BCUT2D eigenvalue weighted by Crippen LogP contribution is -2.41. The molecule has 2 N–H and O–H groups in total. The molecule has 0 aromatic heterocycles. The SMILES string of the molecule is CC(C)CCOCCOCCNC(=O)CCC(=O)NC(C)(C)C. The summed E-state index contributed by atoms with van der Waals surface area (Å²) < 4.78 is 10.8. The van der Waals surface area contributed by atoms with Crippen molar-refractivity contribution in [3.8, 4) is 0 Å². The first-order chi connectivity index (χ1) is 10.7. The summed E-state index contributed by atoms with van der Waals surface area (Å²) in [6, 6.07) is 0. The Balaban J connectivity index is 3.42. The van der Waals surface area contributed by atoms with Crippen molar-refractivity contribution in [3.63, 3.8) is 0 Å². The highest BCUT2D eigenvalue weighted by atomic mass is 16.5. The van der Waals surface area contributed by atoms with Crippen LogP contribution in [0.3, 0.4) is 0 Å². The van der Waals surface area contributed by atoms with E-state index in [9.17, 15) is 9.59 Å². The van der Waals surface area contributed by atoms with Gasteiger partial charge in [-0.1, -0.05) is 13.8 Å². The van der Waals surface area contributed by atoms with E-state index < -0.39 is 0 Å². The highest BCUT2D eigenvalue weighted by Crippen LogP contribution is 2.00. The number of carbonyl (C=O) groups is 2. The van der Waals surface area contributed by atoms with Crippen LogP contribution in [-0.2, 0) is 19.1 Å². The smallest absolute Gasteiger partial charge is 0.220 e. The Morgan fingerprint density at radius 3 is 2.04 bits per heavy atom. The van der Waals surface area contributed by atoms with Gasteiger partial charge in [0.05, 0.1) is 19.8 Å². The molecule has 0 aliphatic carbocycles. The molecule has 0 heterocycles. The molecule has 0 saturated carbocycles. The van der Waals surface area contributed by atoms with Gasteiger partial charge in [0.2, 0.25) is 11.8 Å². The molecule has 0 rings (SSSR count). The molecule has 0 radical (unpaired) electrons. The molecule has 0 aliphatic rings. The Kier molecular flexibility index (Phi) is 11.7. The second-order valence-corrected chi connectivity index (χ2v) is 7.06. The molecule has 0 aromatic carbocycles. The van der Waals surface area contributed by atoms with Gasteiger partial charge in [-0.15, -0.1) is 0 Å². The van der Waals surface area contributed by atoms with Crippen LogP contribution < -0.4 is 10.6 Å². The summed E-state index contributed by atoms with van der Waals surface area (Å²) in [5.41, 5.74) is -0.265. The Bertz CT molecular complexity index is 338. The highest BCUT2D eigenvalue weighted by molar-refractivity contribution is 5.83. The minimum absolute atomic E-state index is 0.109. The maximum absolute atomic E-state index is 11.6. The molecular weight excluding hydrogens is 296 g/mol. The first-order valence-electron chi connectivity index (χ1n) is 8.44. The Labute approximate surface area is 140 Å². The summed E-state index contributed by atoms with van der Waals surface area (Å²) in [7, 11) is 0. The molecule has 0 bridgehead atoms. The summed E-state index contributed by atoms with van der Waals surface area (Å²) in [4.78, 5) is 23.2. The van der Waals surface area contributed by atoms with Crippen molar-refractivity contribution < 1.29 is 19.1 Å². The third-order valence-corrected chi connectivity index (χ3v) is 2.87. The van der Waals surface area contributed by atoms with Crippen LogP contribution in [0.1, 0.15) is 53.9 Å². The monoisotopic (exact) mass is 330 g/mol. The lowest BCUT2D eigenvalue weighted by Gasteiger charge is -2.20. The van der Waals surface area contributed by atoms with Crippen molar-refractivity contribution in [2.45, 2.75) is 59.4 Å². The first kappa shape index (κ1) is 21.9. The van der Waals surface area contributed by atoms with Crippen molar-refractivity contribution in [2.24, 2.45) is 5.92 Å². The van der Waals surface area contributed by atoms with Crippen LogP contribution in [-0.4, -0.2) is 50.3 Å². The van der Waals surface area contributed by atoms with Crippen LogP contribution in [0.2, 0.25) is 0 Å². The van der Waals surface area contributed by atoms with Crippen molar-refractivity contribution in [1.82, 2.24) is 10.6 Å². The number of hydrogen-bond acceptors (Lipinski definition) is 4. The molecule has 6 nitrogen and oxygen atoms in total. The average molecular weight is 330 g/mol. The van der Waals surface area contributed by atoms with E-state index in [0.29, 0.717) is 32.3 Å². The molecule has 23 heavy (non-hydrogen) atoms. The van der Waals surface area contributed by atoms with Gasteiger partial charge < -0.3 is 20.1 Å². The second kappa shape index (κ2) is 12.3. The van der Waals surface area contributed by atoms with Gasteiger partial charge in [-0.25, -0.2) is 0 Å². The van der Waals surface area contributed by atoms with Crippen LogP contribution in [0.25, 0.3) is 0 Å². The molecule has 0 aliphatic heterocycles. The van der Waals surface area contributed by atoms with Crippen LogP contribution >= 0.6 is 0 Å². The minimum atomic E-state index is -0.265. The van der Waals surface area contributed by atoms with Crippen molar-refractivity contribution >= 4 is 11.8 Å². The fourth-order valence-corrected chi connectivity index (χ4v) is 1.70. The van der Waals surface area contributed by atoms with Gasteiger partial charge in [-0.2, -0.15) is 0 Å². The molecule has 136 valence electrons. The highest BCUT2D eigenvalue weighted by Gasteiger charge is 2.14. The van der Waals surface area contributed by atoms with Crippen LogP contribution in [0.4, 0.5) is 0 Å². The fraction of sp³-hybridized carbons (Fsp3) is 0.882. The number of hydrogen-bond donors (Lipinski definition) is 2. The van der Waals surface area contributed by atoms with Crippen molar-refractivity contribution in [2.75, 3.05) is 33.0 Å². The number of carbonyl (C=O) groups excluding carboxylic acids is 2. The molecule has 0 unspecified atom stereocenters. The molecule has 6 heteroatoms. The third-order valence-electron chi connectivity index (χ3n) is 2.87. The van der Waals surface area contributed by atoms with Crippen LogP contribution in [0, 0.1) is 5.92 Å². The maximum atomic E-state index is 11.6. The number of ether oxygens (including phenoxy) is 2. The van der Waals surface area contributed by atoms with Crippen molar-refractivity contribution in [1.29, 1.82) is 0 Å². The normalized spacial score (nSPS) is 11.6. The number of nitrogens with one attached hydrogen (secondary N) is 2. The van der Waals surface area contributed by atoms with Gasteiger partial charge in [0, 0.05) is 31.5 Å². The Morgan fingerprint density at radius 2 is 1.48 bits per heavy atom. The first-order valence-corrected chi connectivity index (χ1v) is 8.44. The lowest BCUT2D eigenvalue weighted by atomic mass is 10.1. The summed E-state index contributed by atoms with van der Waals surface area (Å²) in [5.74, 6) is 0.407. The summed E-state index contributed by atoms with van der Waals surface area (Å²) in [6.45, 7) is 12.8. The molecule has 0 saturated heterocycles. The largest absolute Gasteiger partial charge is 0.379 e. The predicted molar refractivity (Wildman–Crippen MR) is 91.2 cm³/mol. The van der Waals surface area contributed by atoms with Gasteiger partial charge in [-0.05, 0) is 33.1 Å². The van der Waals surface area contributed by atoms with Crippen molar-refractivity contribution in [3.05, 3.63) is 0 Å². The van der Waals surface area contributed by atoms with E-state index >= 15 is 0 Å². The van der Waals surface area contributed by atoms with Crippen LogP contribution in [0.15, 0.2) is 0 Å². The van der Waals surface area contributed by atoms with E-state index in [1.165, 1.54) is 0 Å². The summed E-state index contributed by atoms with van der Waals surface area (Å²) in [6.07, 6.45) is 1.45. The molecule has 2 amide bonds. The standard InChI is InChI=1S/C17H34N2O4/c1-14(2)8-10-22-12-13-23-11-9-18-15(20)6-7-16(21)19-17(3,4)5/h14H,6-13H2,1-5H3,(H,18,20)(H,19,21). The summed E-state index contributed by atoms with van der Waals surface area (Å²) >= 11 is 0. The maximum Gasteiger partial charge on any atom is 0.220 e. The quantitative estimate of drug-likeness (QED) is 0.536. The van der Waals surface area contributed by atoms with E-state index in [2.05, 4.69) is 24.5 Å². The topological polar surface area (TPSA) is 76.7 Å². The molecule has 0 atom stereocenters. The summed E-state index contributed by atoms with van der Waals surface area (Å²) in [5, 5.41) is 5.56. The predicted octanol–water partition coefficient (Wildman–Crippen LogP) is 1.88. The number of amides is 2. The average Bonchev–Trinajstić information content (AvgIpc) is 2.41. The number of rotatable bonds is 12. The Morgan fingerprint density at radius 1 is 0.913 bits per heavy atom. The van der Waals surface area contributed by atoms with Gasteiger partial charge in [0.15, 0.2) is 0 Å². The van der Waals surface area contributed by atoms with E-state index in [0.717, 1.165) is 13.0 Å². The third kappa shape index (κ3) is 17.1. The van der Waals surface area contributed by atoms with Gasteiger partial charge in [0.1, 0.15) is 0 Å². The molecular formula is C17H34N2O4. The van der Waals surface area contributed by atoms with Gasteiger partial charge in [0.25, 0.3) is 0 Å². The second-order valence-electron chi connectivity index (χ2n) is 7.06. The minimum Gasteiger partial charge on any atom is -0.379 e. The Hall–Kier alpha value is -1.14. The molecule has 0 spiro atoms. The van der Waals surface area contributed by atoms with E-state index in [1.54, 1.807) is 0 Å². The zero-order valence-corrected chi connectivity index (χ0v) is 15.4. The van der Waals surface area contributed by atoms with E-state index in [4.69, 9.17) is 9.47 Å².